The number of likely N-dealkylation sites (tertiary alicyclic amines) is 1. The second-order valence-electron chi connectivity index (χ2n) is 2.72. The first kappa shape index (κ1) is 14.6. The third kappa shape index (κ3) is 8.97. The van der Waals surface area contributed by atoms with Crippen LogP contribution in [0, 0.1) is 0 Å². The Morgan fingerprint density at radius 2 is 1.18 bits per heavy atom. The SMILES string of the molecule is CC.CN1CCCCCC1.[Y]. The van der Waals surface area contributed by atoms with Crippen LogP contribution in [0.15, 0.2) is 0 Å². The van der Waals surface area contributed by atoms with E-state index in [4.69, 9.17) is 0 Å². The van der Waals surface area contributed by atoms with Crippen LogP contribution in [-0.4, -0.2) is 25.0 Å². The Morgan fingerprint density at radius 1 is 0.818 bits per heavy atom. The van der Waals surface area contributed by atoms with Gasteiger partial charge in [-0.05, 0) is 33.0 Å². The Hall–Kier alpha value is 1.06. The van der Waals surface area contributed by atoms with Gasteiger partial charge >= 0.3 is 0 Å². The minimum Gasteiger partial charge on any atom is -0.306 e. The van der Waals surface area contributed by atoms with Gasteiger partial charge in [-0.1, -0.05) is 26.7 Å². The van der Waals surface area contributed by atoms with Crippen molar-refractivity contribution in [1.29, 1.82) is 0 Å². The van der Waals surface area contributed by atoms with E-state index in [-0.39, 0.29) is 32.7 Å². The summed E-state index contributed by atoms with van der Waals surface area (Å²) in [6.07, 6.45) is 5.72. The van der Waals surface area contributed by atoms with Gasteiger partial charge in [0.1, 0.15) is 0 Å². The van der Waals surface area contributed by atoms with E-state index in [1.54, 1.807) is 0 Å². The predicted octanol–water partition coefficient (Wildman–Crippen LogP) is 2.52. The summed E-state index contributed by atoms with van der Waals surface area (Å²) < 4.78 is 0. The molecule has 0 N–H and O–H groups in total. The number of rotatable bonds is 0. The second kappa shape index (κ2) is 11.1. The summed E-state index contributed by atoms with van der Waals surface area (Å²) in [5.41, 5.74) is 0. The zero-order valence-electron chi connectivity index (χ0n) is 8.27. The largest absolute Gasteiger partial charge is 0.306 e. The van der Waals surface area contributed by atoms with E-state index in [9.17, 15) is 0 Å². The zero-order valence-corrected chi connectivity index (χ0v) is 11.1. The van der Waals surface area contributed by atoms with Crippen LogP contribution in [0.1, 0.15) is 39.5 Å². The molecule has 0 aromatic heterocycles. The Morgan fingerprint density at radius 3 is 1.55 bits per heavy atom. The maximum Gasteiger partial charge on any atom is 0 e. The van der Waals surface area contributed by atoms with Gasteiger partial charge in [-0.3, -0.25) is 0 Å². The monoisotopic (exact) mass is 232 g/mol. The van der Waals surface area contributed by atoms with Gasteiger partial charge in [0.15, 0.2) is 0 Å². The molecule has 0 bridgehead atoms. The molecule has 1 fully saturated rings. The summed E-state index contributed by atoms with van der Waals surface area (Å²) >= 11 is 0. The summed E-state index contributed by atoms with van der Waals surface area (Å²) in [4.78, 5) is 2.42. The molecule has 0 unspecified atom stereocenters. The van der Waals surface area contributed by atoms with E-state index >= 15 is 0 Å². The summed E-state index contributed by atoms with van der Waals surface area (Å²) in [7, 11) is 2.21. The van der Waals surface area contributed by atoms with Gasteiger partial charge in [0.25, 0.3) is 0 Å². The molecule has 0 amide bonds. The first-order valence-electron chi connectivity index (χ1n) is 4.58. The molecule has 0 aromatic rings. The summed E-state index contributed by atoms with van der Waals surface area (Å²) in [5, 5.41) is 0. The van der Waals surface area contributed by atoms with Crippen LogP contribution in [-0.2, 0) is 32.7 Å². The Balaban J connectivity index is 0. The minimum absolute atomic E-state index is 0. The molecule has 1 nitrogen and oxygen atoms in total. The van der Waals surface area contributed by atoms with E-state index in [1.165, 1.54) is 38.8 Å². The first-order valence-corrected chi connectivity index (χ1v) is 4.58. The van der Waals surface area contributed by atoms with Crippen LogP contribution in [0.3, 0.4) is 0 Å². The molecule has 0 spiro atoms. The van der Waals surface area contributed by atoms with E-state index in [1.807, 2.05) is 13.8 Å². The summed E-state index contributed by atoms with van der Waals surface area (Å²) in [5.74, 6) is 0. The van der Waals surface area contributed by atoms with Crippen LogP contribution >= 0.6 is 0 Å². The first-order chi connectivity index (χ1) is 4.89. The van der Waals surface area contributed by atoms with Gasteiger partial charge in [0.2, 0.25) is 0 Å². The minimum atomic E-state index is 0. The molecule has 1 heterocycles. The van der Waals surface area contributed by atoms with Crippen molar-refractivity contribution >= 4 is 0 Å². The molecule has 1 aliphatic rings. The topological polar surface area (TPSA) is 3.24 Å². The molecule has 0 aliphatic carbocycles. The van der Waals surface area contributed by atoms with Crippen LogP contribution in [0.2, 0.25) is 0 Å². The molecule has 11 heavy (non-hydrogen) atoms. The molecule has 1 saturated heterocycles. The van der Waals surface area contributed by atoms with Crippen molar-refractivity contribution in [1.82, 2.24) is 4.90 Å². The Bertz CT molecular complexity index is 58.6. The maximum absolute atomic E-state index is 2.42. The average Bonchev–Trinajstić information content (AvgIpc) is 2.21. The molecule has 0 aromatic carbocycles. The maximum atomic E-state index is 2.42. The fourth-order valence-corrected chi connectivity index (χ4v) is 1.23. The summed E-state index contributed by atoms with van der Waals surface area (Å²) in [6, 6.07) is 0. The van der Waals surface area contributed by atoms with Crippen molar-refractivity contribution in [2.75, 3.05) is 20.1 Å². The van der Waals surface area contributed by atoms with E-state index in [2.05, 4.69) is 11.9 Å². The van der Waals surface area contributed by atoms with Crippen molar-refractivity contribution in [3.05, 3.63) is 0 Å². The van der Waals surface area contributed by atoms with Crippen molar-refractivity contribution in [3.8, 4) is 0 Å². The van der Waals surface area contributed by atoms with Gasteiger partial charge < -0.3 is 4.90 Å². The van der Waals surface area contributed by atoms with Gasteiger partial charge in [-0.2, -0.15) is 0 Å². The molecule has 65 valence electrons. The summed E-state index contributed by atoms with van der Waals surface area (Å²) in [6.45, 7) is 6.64. The molecule has 0 atom stereocenters. The zero-order chi connectivity index (χ0) is 7.82. The fourth-order valence-electron chi connectivity index (χ4n) is 1.23. The van der Waals surface area contributed by atoms with Gasteiger partial charge in [0.05, 0.1) is 0 Å². The smallest absolute Gasteiger partial charge is 0 e. The number of nitrogens with zero attached hydrogens (tertiary/aromatic N) is 1. The second-order valence-corrected chi connectivity index (χ2v) is 2.72. The average molecular weight is 232 g/mol. The van der Waals surface area contributed by atoms with Crippen LogP contribution < -0.4 is 0 Å². The van der Waals surface area contributed by atoms with E-state index < -0.39 is 0 Å². The van der Waals surface area contributed by atoms with Gasteiger partial charge in [-0.15, -0.1) is 0 Å². The molecule has 1 rings (SSSR count). The third-order valence-corrected chi connectivity index (χ3v) is 1.83. The Kier molecular flexibility index (Phi) is 14.7. The Labute approximate surface area is 96.8 Å². The fraction of sp³-hybridized carbons (Fsp3) is 1.00. The number of hydrogen-bond donors (Lipinski definition) is 0. The van der Waals surface area contributed by atoms with Gasteiger partial charge in [-0.25, -0.2) is 0 Å². The van der Waals surface area contributed by atoms with E-state index in [0.717, 1.165) is 0 Å². The molecular formula is C9H21NY. The third-order valence-electron chi connectivity index (χ3n) is 1.83. The molecule has 2 heteroatoms. The van der Waals surface area contributed by atoms with Crippen LogP contribution in [0.5, 0.6) is 0 Å². The van der Waals surface area contributed by atoms with Gasteiger partial charge in [0, 0.05) is 32.7 Å². The molecule has 1 aliphatic heterocycles. The molecular weight excluding hydrogens is 211 g/mol. The van der Waals surface area contributed by atoms with E-state index in [0.29, 0.717) is 0 Å². The van der Waals surface area contributed by atoms with Crippen LogP contribution in [0.4, 0.5) is 0 Å². The van der Waals surface area contributed by atoms with Crippen LogP contribution in [0.25, 0.3) is 0 Å². The normalized spacial score (nSPS) is 18.8. The molecule has 1 radical (unpaired) electrons. The van der Waals surface area contributed by atoms with Crippen molar-refractivity contribution in [2.24, 2.45) is 0 Å². The predicted molar refractivity (Wildman–Crippen MR) is 47.3 cm³/mol. The number of hydrogen-bond acceptors (Lipinski definition) is 1. The molecule has 0 saturated carbocycles. The quantitative estimate of drug-likeness (QED) is 0.620. The standard InChI is InChI=1S/C7H15N.C2H6.Y/c1-8-6-4-2-3-5-7-8;1-2;/h2-7H2,1H3;1-2H3;. The van der Waals surface area contributed by atoms with Crippen molar-refractivity contribution in [3.63, 3.8) is 0 Å². The van der Waals surface area contributed by atoms with Crippen molar-refractivity contribution in [2.45, 2.75) is 39.5 Å². The van der Waals surface area contributed by atoms with Crippen molar-refractivity contribution < 1.29 is 32.7 Å².